The van der Waals surface area contributed by atoms with Crippen molar-refractivity contribution in [1.82, 2.24) is 0 Å². The van der Waals surface area contributed by atoms with E-state index < -0.39 is 0 Å². The van der Waals surface area contributed by atoms with Gasteiger partial charge in [0.25, 0.3) is 0 Å². The van der Waals surface area contributed by atoms with Crippen LogP contribution in [0.25, 0.3) is 0 Å². The maximum absolute atomic E-state index is 5.26. The van der Waals surface area contributed by atoms with E-state index in [1.165, 1.54) is 6.08 Å². The summed E-state index contributed by atoms with van der Waals surface area (Å²) in [6.07, 6.45) is 3.18. The third-order valence-corrected chi connectivity index (χ3v) is 0.631. The first-order valence-electron chi connectivity index (χ1n) is 3.18. The third-order valence-electron chi connectivity index (χ3n) is 0.505. The Kier molecular flexibility index (Phi) is 10.1. The van der Waals surface area contributed by atoms with E-state index in [0.717, 1.165) is 0 Å². The summed E-state index contributed by atoms with van der Waals surface area (Å²) in [5, 5.41) is 0.245. The zero-order valence-electron chi connectivity index (χ0n) is 6.69. The van der Waals surface area contributed by atoms with Crippen LogP contribution < -0.4 is 11.5 Å². The van der Waals surface area contributed by atoms with Gasteiger partial charge in [0.05, 0.1) is 5.16 Å². The quantitative estimate of drug-likeness (QED) is 0.457. The Balaban J connectivity index is 0. The van der Waals surface area contributed by atoms with E-state index in [9.17, 15) is 0 Å². The van der Waals surface area contributed by atoms with Crippen LogP contribution >= 0.6 is 11.6 Å². The minimum absolute atomic E-state index is 0.245. The molecule has 0 rings (SSSR count). The lowest BCUT2D eigenvalue weighted by atomic mass is 10.4. The molecule has 0 saturated carbocycles. The summed E-state index contributed by atoms with van der Waals surface area (Å²) in [6, 6.07) is 0. The normalized spacial score (nSPS) is 12.0. The monoisotopic (exact) mass is 162 g/mol. The van der Waals surface area contributed by atoms with Gasteiger partial charge in [-0.3, -0.25) is 0 Å². The maximum Gasteiger partial charge on any atom is 0.0992 e. The van der Waals surface area contributed by atoms with E-state index in [1.807, 2.05) is 13.8 Å². The van der Waals surface area contributed by atoms with E-state index in [2.05, 4.69) is 0 Å². The average Bonchev–Trinajstić information content (AvgIpc) is 1.89. The molecule has 0 radical (unpaired) electrons. The second-order valence-corrected chi connectivity index (χ2v) is 1.90. The van der Waals surface area contributed by atoms with E-state index in [-0.39, 0.29) is 5.16 Å². The Hall–Kier alpha value is -0.630. The number of allylic oxidation sites excluding steroid dienone is 3. The highest BCUT2D eigenvalue weighted by Crippen LogP contribution is 1.90. The first-order valence-corrected chi connectivity index (χ1v) is 3.55. The topological polar surface area (TPSA) is 52.0 Å². The lowest BCUT2D eigenvalue weighted by Gasteiger charge is -1.83. The standard InChI is InChI=1S/C5H9ClN2.C2H6/c1-4(7)2-3-5(6)8;1-2/h2-3H,7-8H2,1H3;1-2H3/b4-2-,5-3-;. The van der Waals surface area contributed by atoms with Crippen molar-refractivity contribution in [2.75, 3.05) is 0 Å². The molecule has 0 unspecified atom stereocenters. The van der Waals surface area contributed by atoms with Crippen molar-refractivity contribution in [2.45, 2.75) is 20.8 Å². The highest BCUT2D eigenvalue weighted by atomic mass is 35.5. The van der Waals surface area contributed by atoms with E-state index >= 15 is 0 Å². The Bertz CT molecular complexity index is 104. The predicted octanol–water partition coefficient (Wildman–Crippen LogP) is 1.91. The van der Waals surface area contributed by atoms with Gasteiger partial charge in [0.1, 0.15) is 0 Å². The molecule has 0 aromatic rings. The summed E-state index contributed by atoms with van der Waals surface area (Å²) in [7, 11) is 0. The summed E-state index contributed by atoms with van der Waals surface area (Å²) in [4.78, 5) is 0. The molecular weight excluding hydrogens is 148 g/mol. The van der Waals surface area contributed by atoms with Crippen molar-refractivity contribution in [3.8, 4) is 0 Å². The summed E-state index contributed by atoms with van der Waals surface area (Å²) >= 11 is 5.26. The zero-order chi connectivity index (χ0) is 8.57. The molecule has 4 N–H and O–H groups in total. The molecule has 0 heterocycles. The van der Waals surface area contributed by atoms with Crippen LogP contribution in [0.15, 0.2) is 23.0 Å². The van der Waals surface area contributed by atoms with E-state index in [1.54, 1.807) is 13.0 Å². The first-order chi connectivity index (χ1) is 4.63. The molecule has 0 aliphatic heterocycles. The first kappa shape index (κ1) is 12.1. The minimum Gasteiger partial charge on any atom is -0.402 e. The Morgan fingerprint density at radius 1 is 1.20 bits per heavy atom. The second kappa shape index (κ2) is 8.37. The van der Waals surface area contributed by atoms with Gasteiger partial charge in [-0.05, 0) is 19.1 Å². The van der Waals surface area contributed by atoms with Crippen molar-refractivity contribution in [3.05, 3.63) is 23.0 Å². The van der Waals surface area contributed by atoms with Gasteiger partial charge >= 0.3 is 0 Å². The van der Waals surface area contributed by atoms with Crippen LogP contribution in [0.4, 0.5) is 0 Å². The predicted molar refractivity (Wildman–Crippen MR) is 47.4 cm³/mol. The van der Waals surface area contributed by atoms with Crippen molar-refractivity contribution in [1.29, 1.82) is 0 Å². The molecule has 2 nitrogen and oxygen atoms in total. The third kappa shape index (κ3) is 15.7. The fraction of sp³-hybridized carbons (Fsp3) is 0.429. The van der Waals surface area contributed by atoms with Crippen LogP contribution in [0.3, 0.4) is 0 Å². The summed E-state index contributed by atoms with van der Waals surface area (Å²) in [5.41, 5.74) is 11.0. The van der Waals surface area contributed by atoms with Crippen molar-refractivity contribution < 1.29 is 0 Å². The van der Waals surface area contributed by atoms with Crippen molar-refractivity contribution >= 4 is 11.6 Å². The molecular formula is C7H15ClN2. The molecule has 0 fully saturated rings. The van der Waals surface area contributed by atoms with Gasteiger partial charge in [-0.25, -0.2) is 0 Å². The van der Waals surface area contributed by atoms with Gasteiger partial charge in [0, 0.05) is 5.70 Å². The molecule has 0 aliphatic rings. The molecule has 0 bridgehead atoms. The van der Waals surface area contributed by atoms with Crippen molar-refractivity contribution in [2.24, 2.45) is 11.5 Å². The molecule has 0 aromatic heterocycles. The van der Waals surface area contributed by atoms with Gasteiger partial charge in [-0.15, -0.1) is 0 Å². The molecule has 0 saturated heterocycles. The molecule has 0 aliphatic carbocycles. The minimum atomic E-state index is 0.245. The van der Waals surface area contributed by atoms with Crippen molar-refractivity contribution in [3.63, 3.8) is 0 Å². The Morgan fingerprint density at radius 2 is 1.60 bits per heavy atom. The number of hydrogen-bond acceptors (Lipinski definition) is 2. The van der Waals surface area contributed by atoms with Crippen LogP contribution in [0, 0.1) is 0 Å². The summed E-state index contributed by atoms with van der Waals surface area (Å²) in [5.74, 6) is 0. The molecule has 10 heavy (non-hydrogen) atoms. The molecule has 60 valence electrons. The van der Waals surface area contributed by atoms with Crippen LogP contribution in [-0.2, 0) is 0 Å². The van der Waals surface area contributed by atoms with Crippen LogP contribution in [0.2, 0.25) is 0 Å². The maximum atomic E-state index is 5.26. The molecule has 0 atom stereocenters. The highest BCUT2D eigenvalue weighted by molar-refractivity contribution is 6.29. The van der Waals surface area contributed by atoms with Crippen LogP contribution in [-0.4, -0.2) is 0 Å². The van der Waals surface area contributed by atoms with Gasteiger partial charge in [0.15, 0.2) is 0 Å². The number of halogens is 1. The largest absolute Gasteiger partial charge is 0.402 e. The van der Waals surface area contributed by atoms with E-state index in [0.29, 0.717) is 5.70 Å². The molecule has 0 aromatic carbocycles. The average molecular weight is 163 g/mol. The van der Waals surface area contributed by atoms with Crippen LogP contribution in [0.1, 0.15) is 20.8 Å². The van der Waals surface area contributed by atoms with Gasteiger partial charge < -0.3 is 11.5 Å². The highest BCUT2D eigenvalue weighted by Gasteiger charge is 1.74. The molecule has 0 amide bonds. The Morgan fingerprint density at radius 3 is 1.70 bits per heavy atom. The lowest BCUT2D eigenvalue weighted by molar-refractivity contribution is 1.31. The zero-order valence-corrected chi connectivity index (χ0v) is 7.44. The van der Waals surface area contributed by atoms with Gasteiger partial charge in [-0.1, -0.05) is 25.4 Å². The molecule has 0 spiro atoms. The SMILES string of the molecule is C/C(N)=C/C=C(\N)Cl.CC. The number of rotatable bonds is 1. The van der Waals surface area contributed by atoms with E-state index in [4.69, 9.17) is 23.1 Å². The smallest absolute Gasteiger partial charge is 0.0992 e. The number of nitrogens with two attached hydrogens (primary N) is 2. The Labute approximate surface area is 67.5 Å². The lowest BCUT2D eigenvalue weighted by Crippen LogP contribution is -1.90. The fourth-order valence-electron chi connectivity index (χ4n) is 0.211. The second-order valence-electron chi connectivity index (χ2n) is 1.46. The van der Waals surface area contributed by atoms with Gasteiger partial charge in [-0.2, -0.15) is 0 Å². The fourth-order valence-corrected chi connectivity index (χ4v) is 0.274. The van der Waals surface area contributed by atoms with Crippen LogP contribution in [0.5, 0.6) is 0 Å². The summed E-state index contributed by atoms with van der Waals surface area (Å²) < 4.78 is 0. The molecule has 3 heteroatoms. The number of hydrogen-bond donors (Lipinski definition) is 2. The van der Waals surface area contributed by atoms with Gasteiger partial charge in [0.2, 0.25) is 0 Å². The summed E-state index contributed by atoms with van der Waals surface area (Å²) in [6.45, 7) is 5.76.